The molecule has 34 heavy (non-hydrogen) atoms. The molecule has 168 valence electrons. The average molecular weight is 450 g/mol. The summed E-state index contributed by atoms with van der Waals surface area (Å²) < 4.78 is 5.24. The molecular weight excluding hydrogens is 426 g/mol. The van der Waals surface area contributed by atoms with Gasteiger partial charge in [-0.3, -0.25) is 14.5 Å². The molecule has 1 fully saturated rings. The van der Waals surface area contributed by atoms with Crippen molar-refractivity contribution in [3.8, 4) is 5.75 Å². The summed E-state index contributed by atoms with van der Waals surface area (Å²) in [4.78, 5) is 28.1. The van der Waals surface area contributed by atoms with Crippen molar-refractivity contribution < 1.29 is 19.4 Å². The van der Waals surface area contributed by atoms with E-state index in [4.69, 9.17) is 4.74 Å². The average Bonchev–Trinajstić information content (AvgIpc) is 3.13. The van der Waals surface area contributed by atoms with Gasteiger partial charge in [0.1, 0.15) is 11.5 Å². The first-order chi connectivity index (χ1) is 16.5. The van der Waals surface area contributed by atoms with Crippen molar-refractivity contribution in [2.45, 2.75) is 13.0 Å². The summed E-state index contributed by atoms with van der Waals surface area (Å²) in [6.07, 6.45) is 0. The maximum Gasteiger partial charge on any atom is 0.300 e. The maximum atomic E-state index is 13.3. The molecule has 1 N–H and O–H groups in total. The van der Waals surface area contributed by atoms with Gasteiger partial charge in [-0.1, -0.05) is 66.2 Å². The van der Waals surface area contributed by atoms with Crippen molar-refractivity contribution in [3.05, 3.63) is 113 Å². The standard InChI is InChI=1S/C29H23NO4/c1-18-6-5-9-21(16-18)26-25(27(31)22-11-10-19-7-3-4-8-20(19)17-22)28(32)29(33)30(26)23-12-14-24(34-2)15-13-23/h3-17,26,31H,1-2H3/b27-25-. The van der Waals surface area contributed by atoms with Crippen LogP contribution in [0.15, 0.2) is 96.6 Å². The summed E-state index contributed by atoms with van der Waals surface area (Å²) in [6.45, 7) is 1.95. The molecule has 0 saturated carbocycles. The molecule has 1 atom stereocenters. The number of rotatable bonds is 4. The second-order valence-corrected chi connectivity index (χ2v) is 8.34. The van der Waals surface area contributed by atoms with Gasteiger partial charge in [-0.15, -0.1) is 0 Å². The van der Waals surface area contributed by atoms with Crippen LogP contribution < -0.4 is 9.64 Å². The van der Waals surface area contributed by atoms with Crippen molar-refractivity contribution in [1.29, 1.82) is 0 Å². The highest BCUT2D eigenvalue weighted by Crippen LogP contribution is 2.42. The number of hydrogen-bond acceptors (Lipinski definition) is 4. The highest BCUT2D eigenvalue weighted by molar-refractivity contribution is 6.51. The van der Waals surface area contributed by atoms with E-state index in [1.54, 1.807) is 37.4 Å². The van der Waals surface area contributed by atoms with Crippen LogP contribution in [-0.2, 0) is 9.59 Å². The number of anilines is 1. The molecule has 1 aliphatic heterocycles. The molecular formula is C29H23NO4. The summed E-state index contributed by atoms with van der Waals surface area (Å²) in [6, 6.07) is 27.1. The topological polar surface area (TPSA) is 66.8 Å². The van der Waals surface area contributed by atoms with Gasteiger partial charge < -0.3 is 9.84 Å². The van der Waals surface area contributed by atoms with Crippen molar-refractivity contribution in [2.24, 2.45) is 0 Å². The highest BCUT2D eigenvalue weighted by atomic mass is 16.5. The Hall–Kier alpha value is -4.38. The van der Waals surface area contributed by atoms with Gasteiger partial charge in [-0.2, -0.15) is 0 Å². The molecule has 0 aromatic heterocycles. The maximum absolute atomic E-state index is 13.3. The zero-order chi connectivity index (χ0) is 23.8. The van der Waals surface area contributed by atoms with Crippen molar-refractivity contribution >= 4 is 33.9 Å². The largest absolute Gasteiger partial charge is 0.507 e. The van der Waals surface area contributed by atoms with Crippen LogP contribution in [0.5, 0.6) is 5.75 Å². The minimum atomic E-state index is -0.764. The number of aliphatic hydroxyl groups excluding tert-OH is 1. The summed E-state index contributed by atoms with van der Waals surface area (Å²) in [5, 5.41) is 13.3. The van der Waals surface area contributed by atoms with Crippen molar-refractivity contribution in [2.75, 3.05) is 12.0 Å². The molecule has 0 aliphatic carbocycles. The van der Waals surface area contributed by atoms with Gasteiger partial charge in [-0.05, 0) is 53.6 Å². The molecule has 1 aliphatic rings. The first-order valence-electron chi connectivity index (χ1n) is 11.0. The van der Waals surface area contributed by atoms with E-state index >= 15 is 0 Å². The molecule has 4 aromatic carbocycles. The third kappa shape index (κ3) is 3.61. The Morgan fingerprint density at radius 2 is 1.59 bits per heavy atom. The second kappa shape index (κ2) is 8.52. The van der Waals surface area contributed by atoms with Gasteiger partial charge >= 0.3 is 0 Å². The normalized spacial score (nSPS) is 17.4. The number of carbonyl (C=O) groups excluding carboxylic acids is 2. The number of benzene rings is 4. The van der Waals surface area contributed by atoms with E-state index in [1.807, 2.05) is 67.6 Å². The quantitative estimate of drug-likeness (QED) is 0.244. The van der Waals surface area contributed by atoms with E-state index in [9.17, 15) is 14.7 Å². The number of amides is 1. The number of aliphatic hydroxyl groups is 1. The van der Waals surface area contributed by atoms with E-state index in [-0.39, 0.29) is 11.3 Å². The van der Waals surface area contributed by atoms with Crippen molar-refractivity contribution in [1.82, 2.24) is 0 Å². The number of carbonyl (C=O) groups is 2. The number of Topliss-reactive ketones (excluding diaryl/α,β-unsaturated/α-hetero) is 1. The minimum Gasteiger partial charge on any atom is -0.507 e. The Balaban J connectivity index is 1.71. The molecule has 1 amide bonds. The lowest BCUT2D eigenvalue weighted by Crippen LogP contribution is -2.29. The second-order valence-electron chi connectivity index (χ2n) is 8.34. The number of aryl methyl sites for hydroxylation is 1. The predicted molar refractivity (Wildman–Crippen MR) is 133 cm³/mol. The van der Waals surface area contributed by atoms with Gasteiger partial charge in [0, 0.05) is 11.3 Å². The Morgan fingerprint density at radius 3 is 2.29 bits per heavy atom. The smallest absolute Gasteiger partial charge is 0.300 e. The number of ketones is 1. The summed E-state index contributed by atoms with van der Waals surface area (Å²) in [5.74, 6) is -0.942. The van der Waals surface area contributed by atoms with Crippen LogP contribution in [-0.4, -0.2) is 23.9 Å². The fourth-order valence-corrected chi connectivity index (χ4v) is 4.49. The van der Waals surface area contributed by atoms with Crippen molar-refractivity contribution in [3.63, 3.8) is 0 Å². The molecule has 4 aromatic rings. The minimum absolute atomic E-state index is 0.0710. The van der Waals surface area contributed by atoms with E-state index in [0.717, 1.165) is 21.9 Å². The summed E-state index contributed by atoms with van der Waals surface area (Å²) >= 11 is 0. The fourth-order valence-electron chi connectivity index (χ4n) is 4.49. The number of ether oxygens (including phenoxy) is 1. The monoisotopic (exact) mass is 449 g/mol. The van der Waals surface area contributed by atoms with Gasteiger partial charge in [0.25, 0.3) is 11.7 Å². The van der Waals surface area contributed by atoms with Crippen LogP contribution >= 0.6 is 0 Å². The molecule has 0 bridgehead atoms. The third-order valence-corrected chi connectivity index (χ3v) is 6.18. The van der Waals surface area contributed by atoms with Gasteiger partial charge in [0.05, 0.1) is 18.7 Å². The van der Waals surface area contributed by atoms with Crippen LogP contribution in [0.4, 0.5) is 5.69 Å². The van der Waals surface area contributed by atoms with Crippen LogP contribution in [0, 0.1) is 6.92 Å². The fraction of sp³-hybridized carbons (Fsp3) is 0.103. The molecule has 5 rings (SSSR count). The predicted octanol–water partition coefficient (Wildman–Crippen LogP) is 5.78. The summed E-state index contributed by atoms with van der Waals surface area (Å²) in [5.41, 5.74) is 2.85. The number of methoxy groups -OCH3 is 1. The van der Waals surface area contributed by atoms with Gasteiger partial charge in [-0.25, -0.2) is 0 Å². The van der Waals surface area contributed by atoms with Crippen LogP contribution in [0.1, 0.15) is 22.7 Å². The lowest BCUT2D eigenvalue weighted by Gasteiger charge is -2.26. The Morgan fingerprint density at radius 1 is 0.853 bits per heavy atom. The first kappa shape index (κ1) is 21.5. The first-order valence-corrected chi connectivity index (χ1v) is 11.0. The van der Waals surface area contributed by atoms with Crippen LogP contribution in [0.25, 0.3) is 16.5 Å². The molecule has 5 heteroatoms. The van der Waals surface area contributed by atoms with Gasteiger partial charge in [0.15, 0.2) is 0 Å². The molecule has 1 unspecified atom stereocenters. The summed E-state index contributed by atoms with van der Waals surface area (Å²) in [7, 11) is 1.57. The SMILES string of the molecule is COc1ccc(N2C(=O)C(=O)/C(=C(\O)c3ccc4ccccc4c3)C2c2cccc(C)c2)cc1. The Bertz CT molecular complexity index is 1450. The van der Waals surface area contributed by atoms with Gasteiger partial charge in [0.2, 0.25) is 0 Å². The van der Waals surface area contributed by atoms with E-state index in [1.165, 1.54) is 4.90 Å². The highest BCUT2D eigenvalue weighted by Gasteiger charge is 2.47. The molecule has 0 radical (unpaired) electrons. The lowest BCUT2D eigenvalue weighted by molar-refractivity contribution is -0.132. The molecule has 1 saturated heterocycles. The Kier molecular flexibility index (Phi) is 5.38. The third-order valence-electron chi connectivity index (χ3n) is 6.18. The zero-order valence-corrected chi connectivity index (χ0v) is 18.9. The van der Waals surface area contributed by atoms with E-state index in [0.29, 0.717) is 17.0 Å². The van der Waals surface area contributed by atoms with Crippen LogP contribution in [0.2, 0.25) is 0 Å². The molecule has 1 heterocycles. The lowest BCUT2D eigenvalue weighted by atomic mass is 9.93. The number of nitrogens with zero attached hydrogens (tertiary/aromatic N) is 1. The van der Waals surface area contributed by atoms with E-state index < -0.39 is 17.7 Å². The van der Waals surface area contributed by atoms with E-state index in [2.05, 4.69) is 0 Å². The Labute approximate surface area is 197 Å². The number of hydrogen-bond donors (Lipinski definition) is 1. The van der Waals surface area contributed by atoms with Crippen LogP contribution in [0.3, 0.4) is 0 Å². The molecule has 0 spiro atoms. The zero-order valence-electron chi connectivity index (χ0n) is 18.9. The molecule has 5 nitrogen and oxygen atoms in total. The number of fused-ring (bicyclic) bond motifs is 1.